The Bertz CT molecular complexity index is 708. The van der Waals surface area contributed by atoms with Gasteiger partial charge in [0.25, 0.3) is 5.56 Å². The summed E-state index contributed by atoms with van der Waals surface area (Å²) in [4.78, 5) is 29.6. The van der Waals surface area contributed by atoms with Crippen molar-refractivity contribution in [3.8, 4) is 0 Å². The van der Waals surface area contributed by atoms with Crippen LogP contribution in [0.1, 0.15) is 36.9 Å². The minimum Gasteiger partial charge on any atom is -0.381 e. The molecule has 0 unspecified atom stereocenters. The predicted molar refractivity (Wildman–Crippen MR) is 102 cm³/mol. The van der Waals surface area contributed by atoms with Gasteiger partial charge in [-0.15, -0.1) is 0 Å². The lowest BCUT2D eigenvalue weighted by atomic mass is 9.99. The minimum atomic E-state index is -0.0505. The second-order valence-electron chi connectivity index (χ2n) is 8.19. The normalized spacial score (nSPS) is 28.4. The number of rotatable bonds is 2. The Morgan fingerprint density at radius 2 is 1.81 bits per heavy atom. The van der Waals surface area contributed by atoms with Crippen LogP contribution in [0.5, 0.6) is 0 Å². The molecule has 27 heavy (non-hydrogen) atoms. The monoisotopic (exact) mass is 377 g/mol. The summed E-state index contributed by atoms with van der Waals surface area (Å²) >= 11 is 0. The molecule has 4 N–H and O–H groups in total. The summed E-state index contributed by atoms with van der Waals surface area (Å²) in [7, 11) is 0. The first kappa shape index (κ1) is 18.7. The van der Waals surface area contributed by atoms with Gasteiger partial charge in [0, 0.05) is 69.2 Å². The number of ether oxygens (including phenoxy) is 1. The zero-order valence-corrected chi connectivity index (χ0v) is 15.9. The topological polar surface area (TPSA) is 107 Å². The van der Waals surface area contributed by atoms with Gasteiger partial charge in [0.2, 0.25) is 5.91 Å². The first-order valence-corrected chi connectivity index (χ1v) is 10.3. The van der Waals surface area contributed by atoms with Crippen LogP contribution < -0.4 is 11.3 Å². The maximum Gasteiger partial charge on any atom is 0.267 e. The van der Waals surface area contributed by atoms with Gasteiger partial charge in [-0.05, 0) is 32.1 Å². The Kier molecular flexibility index (Phi) is 5.66. The van der Waals surface area contributed by atoms with Crippen molar-refractivity contribution in [1.82, 2.24) is 20.0 Å². The predicted octanol–water partition coefficient (Wildman–Crippen LogP) is -0.151. The summed E-state index contributed by atoms with van der Waals surface area (Å²) in [5.74, 6) is 0.221. The molecule has 0 aromatic carbocycles. The van der Waals surface area contributed by atoms with Crippen molar-refractivity contribution in [3.05, 3.63) is 21.6 Å². The fraction of sp³-hybridized carbons (Fsp3) is 0.789. The molecule has 2 fully saturated rings. The molecule has 0 spiro atoms. The van der Waals surface area contributed by atoms with E-state index in [-0.39, 0.29) is 23.4 Å². The Labute approximate surface area is 159 Å². The molecule has 4 rings (SSSR count). The van der Waals surface area contributed by atoms with Crippen LogP contribution >= 0.6 is 0 Å². The lowest BCUT2D eigenvalue weighted by Gasteiger charge is -2.36. The van der Waals surface area contributed by atoms with E-state index in [1.165, 1.54) is 0 Å². The fourth-order valence-corrected chi connectivity index (χ4v) is 4.79. The highest BCUT2D eigenvalue weighted by Gasteiger charge is 2.34. The largest absolute Gasteiger partial charge is 0.381 e. The van der Waals surface area contributed by atoms with Crippen LogP contribution in [0.2, 0.25) is 0 Å². The molecule has 2 atom stereocenters. The first-order valence-electron chi connectivity index (χ1n) is 10.3. The Morgan fingerprint density at radius 1 is 1.04 bits per heavy atom. The number of hydrogen-bond acceptors (Lipinski definition) is 5. The number of aromatic amines is 2. The van der Waals surface area contributed by atoms with Gasteiger partial charge in [0.05, 0.1) is 5.92 Å². The van der Waals surface area contributed by atoms with Crippen molar-refractivity contribution >= 4 is 5.91 Å². The van der Waals surface area contributed by atoms with E-state index in [1.54, 1.807) is 0 Å². The van der Waals surface area contributed by atoms with Gasteiger partial charge in [0.1, 0.15) is 0 Å². The average Bonchev–Trinajstić information content (AvgIpc) is 2.86. The van der Waals surface area contributed by atoms with E-state index in [4.69, 9.17) is 10.5 Å². The molecule has 1 aromatic rings. The summed E-state index contributed by atoms with van der Waals surface area (Å²) in [5.41, 5.74) is 8.02. The van der Waals surface area contributed by atoms with Crippen LogP contribution in [0.25, 0.3) is 0 Å². The number of nitrogens with two attached hydrogens (primary N) is 1. The number of carbonyl (C=O) groups excluding carboxylic acids is 1. The third-order valence-electron chi connectivity index (χ3n) is 6.41. The Morgan fingerprint density at radius 3 is 2.63 bits per heavy atom. The molecule has 8 heteroatoms. The van der Waals surface area contributed by atoms with E-state index in [2.05, 4.69) is 15.1 Å². The summed E-state index contributed by atoms with van der Waals surface area (Å²) in [5, 5.41) is 5.61. The van der Waals surface area contributed by atoms with Gasteiger partial charge < -0.3 is 20.5 Å². The third kappa shape index (κ3) is 4.12. The summed E-state index contributed by atoms with van der Waals surface area (Å²) in [6.45, 7) is 4.54. The number of likely N-dealkylation sites (tertiary alicyclic amines) is 1. The van der Waals surface area contributed by atoms with Crippen LogP contribution in [0.3, 0.4) is 0 Å². The zero-order chi connectivity index (χ0) is 18.8. The summed E-state index contributed by atoms with van der Waals surface area (Å²) in [6, 6.07) is 0.605. The van der Waals surface area contributed by atoms with E-state index in [0.717, 1.165) is 63.2 Å². The molecule has 150 valence electrons. The van der Waals surface area contributed by atoms with Gasteiger partial charge in [-0.3, -0.25) is 19.6 Å². The van der Waals surface area contributed by atoms with Crippen LogP contribution in [-0.4, -0.2) is 77.4 Å². The van der Waals surface area contributed by atoms with Crippen LogP contribution in [0.15, 0.2) is 4.79 Å². The van der Waals surface area contributed by atoms with Gasteiger partial charge in [-0.2, -0.15) is 0 Å². The van der Waals surface area contributed by atoms with Crippen LogP contribution in [0.4, 0.5) is 0 Å². The van der Waals surface area contributed by atoms with E-state index >= 15 is 0 Å². The molecule has 0 bridgehead atoms. The van der Waals surface area contributed by atoms with E-state index in [0.29, 0.717) is 32.0 Å². The van der Waals surface area contributed by atoms with Gasteiger partial charge in [-0.1, -0.05) is 0 Å². The standard InChI is InChI=1S/C19H31N5O3/c20-14-2-1-13(11-24(12-14)15-5-9-27-10-6-15)19(26)23-7-3-16-17(4-8-23)21-22-18(16)25/h13-15H,1-12,20H2,(H2,21,22,25)/t13-,14+/m1/s1. The molecule has 1 aromatic heterocycles. The van der Waals surface area contributed by atoms with E-state index in [1.807, 2.05) is 4.90 Å². The molecule has 0 radical (unpaired) electrons. The van der Waals surface area contributed by atoms with Crippen molar-refractivity contribution in [2.45, 2.75) is 50.6 Å². The van der Waals surface area contributed by atoms with Crippen LogP contribution in [0, 0.1) is 5.92 Å². The highest BCUT2D eigenvalue weighted by Crippen LogP contribution is 2.24. The molecule has 1 amide bonds. The summed E-state index contributed by atoms with van der Waals surface area (Å²) in [6.07, 6.45) is 5.11. The van der Waals surface area contributed by atoms with Crippen molar-refractivity contribution < 1.29 is 9.53 Å². The van der Waals surface area contributed by atoms with Crippen molar-refractivity contribution in [2.75, 3.05) is 39.4 Å². The van der Waals surface area contributed by atoms with E-state index < -0.39 is 0 Å². The van der Waals surface area contributed by atoms with Crippen molar-refractivity contribution in [1.29, 1.82) is 0 Å². The average molecular weight is 377 g/mol. The fourth-order valence-electron chi connectivity index (χ4n) is 4.79. The number of fused-ring (bicyclic) bond motifs is 1. The maximum absolute atomic E-state index is 13.3. The summed E-state index contributed by atoms with van der Waals surface area (Å²) < 4.78 is 5.50. The molecule has 0 saturated carbocycles. The third-order valence-corrected chi connectivity index (χ3v) is 6.41. The lowest BCUT2D eigenvalue weighted by Crippen LogP contribution is -2.48. The SMILES string of the molecule is N[C@H]1CC[C@@H](C(=O)N2CCc3[nH][nH]c(=O)c3CC2)CN(C2CCOCC2)C1. The highest BCUT2D eigenvalue weighted by molar-refractivity contribution is 5.79. The van der Waals surface area contributed by atoms with Crippen molar-refractivity contribution in [3.63, 3.8) is 0 Å². The van der Waals surface area contributed by atoms with Gasteiger partial charge >= 0.3 is 0 Å². The van der Waals surface area contributed by atoms with Gasteiger partial charge in [0.15, 0.2) is 0 Å². The molecule has 3 aliphatic heterocycles. The van der Waals surface area contributed by atoms with Gasteiger partial charge in [-0.25, -0.2) is 0 Å². The second kappa shape index (κ2) is 8.16. The molecular weight excluding hydrogens is 346 g/mol. The maximum atomic E-state index is 13.3. The molecule has 8 nitrogen and oxygen atoms in total. The van der Waals surface area contributed by atoms with Crippen LogP contribution in [-0.2, 0) is 22.4 Å². The zero-order valence-electron chi connectivity index (χ0n) is 15.9. The molecule has 2 saturated heterocycles. The number of amides is 1. The second-order valence-corrected chi connectivity index (χ2v) is 8.19. The number of nitrogens with zero attached hydrogens (tertiary/aromatic N) is 2. The quantitative estimate of drug-likeness (QED) is 0.664. The number of aromatic nitrogens is 2. The highest BCUT2D eigenvalue weighted by atomic mass is 16.5. The number of H-pyrrole nitrogens is 2. The van der Waals surface area contributed by atoms with E-state index in [9.17, 15) is 9.59 Å². The number of carbonyl (C=O) groups is 1. The molecule has 4 heterocycles. The number of hydrogen-bond donors (Lipinski definition) is 3. The Balaban J connectivity index is 1.43. The molecule has 0 aliphatic carbocycles. The van der Waals surface area contributed by atoms with Crippen molar-refractivity contribution in [2.24, 2.45) is 11.7 Å². The Hall–Kier alpha value is -1.64. The first-order chi connectivity index (χ1) is 13.1. The lowest BCUT2D eigenvalue weighted by molar-refractivity contribution is -0.136. The number of nitrogens with one attached hydrogen (secondary N) is 2. The molecule has 3 aliphatic rings. The molecular formula is C19H31N5O3. The smallest absolute Gasteiger partial charge is 0.267 e. The minimum absolute atomic E-state index is 0.00359.